The Morgan fingerprint density at radius 2 is 2.27 bits per heavy atom. The molecule has 114 valence electrons. The maximum atomic E-state index is 12.2. The first-order chi connectivity index (χ1) is 10.6. The molecule has 3 rings (SSSR count). The van der Waals surface area contributed by atoms with Gasteiger partial charge in [-0.3, -0.25) is 14.6 Å². The van der Waals surface area contributed by atoms with E-state index < -0.39 is 0 Å². The number of nitrogens with zero attached hydrogens (tertiary/aromatic N) is 2. The Labute approximate surface area is 128 Å². The molecular formula is C16H18N4O2. The largest absolute Gasteiger partial charge is 0.356 e. The first-order valence-corrected chi connectivity index (χ1v) is 7.40. The van der Waals surface area contributed by atoms with E-state index >= 15 is 0 Å². The molecular weight excluding hydrogens is 280 g/mol. The molecule has 1 aliphatic carbocycles. The van der Waals surface area contributed by atoms with Gasteiger partial charge in [-0.1, -0.05) is 0 Å². The Hall–Kier alpha value is -2.50. The van der Waals surface area contributed by atoms with E-state index in [9.17, 15) is 9.59 Å². The van der Waals surface area contributed by atoms with Gasteiger partial charge in [0.05, 0.1) is 6.42 Å². The van der Waals surface area contributed by atoms with Crippen LogP contribution in [0.4, 0.5) is 0 Å². The Balaban J connectivity index is 1.77. The van der Waals surface area contributed by atoms with Crippen molar-refractivity contribution in [2.45, 2.75) is 26.2 Å². The third kappa shape index (κ3) is 3.39. The van der Waals surface area contributed by atoms with E-state index in [1.54, 1.807) is 25.4 Å². The predicted octanol–water partition coefficient (Wildman–Crippen LogP) is 1.21. The van der Waals surface area contributed by atoms with Gasteiger partial charge >= 0.3 is 0 Å². The molecule has 0 aromatic carbocycles. The average Bonchev–Trinajstić information content (AvgIpc) is 3.34. The van der Waals surface area contributed by atoms with Crippen molar-refractivity contribution in [3.63, 3.8) is 0 Å². The summed E-state index contributed by atoms with van der Waals surface area (Å²) in [5.74, 6) is 0.962. The lowest BCUT2D eigenvalue weighted by atomic mass is 10.1. The van der Waals surface area contributed by atoms with Crippen molar-refractivity contribution in [2.24, 2.45) is 5.92 Å². The minimum atomic E-state index is -0.270. The van der Waals surface area contributed by atoms with Gasteiger partial charge in [-0.05, 0) is 37.8 Å². The second kappa shape index (κ2) is 6.09. The van der Waals surface area contributed by atoms with Gasteiger partial charge in [0.2, 0.25) is 5.91 Å². The van der Waals surface area contributed by atoms with Crippen molar-refractivity contribution in [3.8, 4) is 11.4 Å². The highest BCUT2D eigenvalue weighted by Gasteiger charge is 2.22. The van der Waals surface area contributed by atoms with Crippen LogP contribution in [0.15, 0.2) is 29.3 Å². The summed E-state index contributed by atoms with van der Waals surface area (Å²) in [7, 11) is 0. The van der Waals surface area contributed by atoms with Gasteiger partial charge in [0, 0.05) is 35.8 Å². The molecule has 2 aromatic rings. The van der Waals surface area contributed by atoms with E-state index in [-0.39, 0.29) is 17.9 Å². The summed E-state index contributed by atoms with van der Waals surface area (Å²) in [6, 6.07) is 3.61. The molecule has 0 bridgehead atoms. The SMILES string of the molecule is Cc1nc(-c2cccnc2)[nH]c(=O)c1CC(=O)NCC1CC1. The third-order valence-electron chi connectivity index (χ3n) is 3.78. The average molecular weight is 298 g/mol. The first-order valence-electron chi connectivity index (χ1n) is 7.40. The van der Waals surface area contributed by atoms with E-state index in [4.69, 9.17) is 0 Å². The number of H-pyrrole nitrogens is 1. The summed E-state index contributed by atoms with van der Waals surface area (Å²) >= 11 is 0. The van der Waals surface area contributed by atoms with Crippen LogP contribution < -0.4 is 10.9 Å². The third-order valence-corrected chi connectivity index (χ3v) is 3.78. The summed E-state index contributed by atoms with van der Waals surface area (Å²) in [5, 5.41) is 2.86. The lowest BCUT2D eigenvalue weighted by molar-refractivity contribution is -0.120. The van der Waals surface area contributed by atoms with E-state index in [2.05, 4.69) is 20.3 Å². The fourth-order valence-electron chi connectivity index (χ4n) is 2.26. The van der Waals surface area contributed by atoms with Gasteiger partial charge in [0.25, 0.3) is 5.56 Å². The van der Waals surface area contributed by atoms with Crippen LogP contribution in [0.25, 0.3) is 11.4 Å². The van der Waals surface area contributed by atoms with Crippen molar-refractivity contribution in [1.82, 2.24) is 20.3 Å². The van der Waals surface area contributed by atoms with Gasteiger partial charge in [-0.25, -0.2) is 4.98 Å². The zero-order valence-corrected chi connectivity index (χ0v) is 12.4. The minimum absolute atomic E-state index is 0.0637. The minimum Gasteiger partial charge on any atom is -0.356 e. The molecule has 0 atom stereocenters. The van der Waals surface area contributed by atoms with Gasteiger partial charge in [0.1, 0.15) is 5.82 Å². The highest BCUT2D eigenvalue weighted by Crippen LogP contribution is 2.27. The summed E-state index contributed by atoms with van der Waals surface area (Å²) in [4.78, 5) is 35.3. The van der Waals surface area contributed by atoms with Crippen molar-refractivity contribution >= 4 is 5.91 Å². The molecule has 2 N–H and O–H groups in total. The van der Waals surface area contributed by atoms with Crippen molar-refractivity contribution in [1.29, 1.82) is 0 Å². The number of pyridine rings is 1. The molecule has 1 amide bonds. The summed E-state index contributed by atoms with van der Waals surface area (Å²) < 4.78 is 0. The summed E-state index contributed by atoms with van der Waals surface area (Å²) in [6.07, 6.45) is 5.73. The Morgan fingerprint density at radius 3 is 2.91 bits per heavy atom. The normalized spacial score (nSPS) is 13.9. The quantitative estimate of drug-likeness (QED) is 0.868. The van der Waals surface area contributed by atoms with Crippen LogP contribution in [0.1, 0.15) is 24.1 Å². The lowest BCUT2D eigenvalue weighted by Gasteiger charge is -2.08. The second-order valence-electron chi connectivity index (χ2n) is 5.64. The molecule has 1 aliphatic rings. The number of rotatable bonds is 5. The number of hydrogen-bond acceptors (Lipinski definition) is 4. The topological polar surface area (TPSA) is 87.7 Å². The van der Waals surface area contributed by atoms with Crippen molar-refractivity contribution in [2.75, 3.05) is 6.54 Å². The first kappa shape index (κ1) is 14.4. The van der Waals surface area contributed by atoms with Crippen LogP contribution >= 0.6 is 0 Å². The molecule has 22 heavy (non-hydrogen) atoms. The van der Waals surface area contributed by atoms with E-state index in [1.165, 1.54) is 12.8 Å². The molecule has 6 heteroatoms. The van der Waals surface area contributed by atoms with E-state index in [0.717, 1.165) is 5.56 Å². The molecule has 1 fully saturated rings. The van der Waals surface area contributed by atoms with E-state index in [0.29, 0.717) is 29.5 Å². The number of aromatic amines is 1. The lowest BCUT2D eigenvalue weighted by Crippen LogP contribution is -2.30. The van der Waals surface area contributed by atoms with Crippen LogP contribution in [0, 0.1) is 12.8 Å². The predicted molar refractivity (Wildman–Crippen MR) is 82.3 cm³/mol. The molecule has 1 saturated carbocycles. The maximum Gasteiger partial charge on any atom is 0.255 e. The Morgan fingerprint density at radius 1 is 1.45 bits per heavy atom. The summed E-state index contributed by atoms with van der Waals surface area (Å²) in [5.41, 5.74) is 1.46. The smallest absolute Gasteiger partial charge is 0.255 e. The van der Waals surface area contributed by atoms with Crippen molar-refractivity contribution in [3.05, 3.63) is 46.1 Å². The van der Waals surface area contributed by atoms with Crippen LogP contribution in [-0.4, -0.2) is 27.4 Å². The fraction of sp³-hybridized carbons (Fsp3) is 0.375. The van der Waals surface area contributed by atoms with Crippen LogP contribution in [0.3, 0.4) is 0 Å². The maximum absolute atomic E-state index is 12.2. The molecule has 0 radical (unpaired) electrons. The number of aryl methyl sites for hydroxylation is 1. The molecule has 0 aliphatic heterocycles. The number of aromatic nitrogens is 3. The van der Waals surface area contributed by atoms with Crippen molar-refractivity contribution < 1.29 is 4.79 Å². The monoisotopic (exact) mass is 298 g/mol. The zero-order chi connectivity index (χ0) is 15.5. The van der Waals surface area contributed by atoms with Crippen LogP contribution in [-0.2, 0) is 11.2 Å². The van der Waals surface area contributed by atoms with Gasteiger partial charge in [0.15, 0.2) is 0 Å². The highest BCUT2D eigenvalue weighted by atomic mass is 16.2. The van der Waals surface area contributed by atoms with Crippen LogP contribution in [0.2, 0.25) is 0 Å². The highest BCUT2D eigenvalue weighted by molar-refractivity contribution is 5.78. The number of amides is 1. The zero-order valence-electron chi connectivity index (χ0n) is 12.4. The number of hydrogen-bond donors (Lipinski definition) is 2. The van der Waals surface area contributed by atoms with Crippen LogP contribution in [0.5, 0.6) is 0 Å². The fourth-order valence-corrected chi connectivity index (χ4v) is 2.26. The second-order valence-corrected chi connectivity index (χ2v) is 5.64. The van der Waals surface area contributed by atoms with Gasteiger partial charge in [-0.2, -0.15) is 0 Å². The Bertz CT molecular complexity index is 736. The Kier molecular flexibility index (Phi) is 4.00. The number of carbonyl (C=O) groups excluding carboxylic acids is 1. The summed E-state index contributed by atoms with van der Waals surface area (Å²) in [6.45, 7) is 2.45. The standard InChI is InChI=1S/C16H18N4O2/c1-10-13(7-14(21)18-8-11-4-5-11)16(22)20-15(19-10)12-3-2-6-17-9-12/h2-3,6,9,11H,4-5,7-8H2,1H3,(H,18,21)(H,19,20,22). The molecule has 0 saturated heterocycles. The van der Waals surface area contributed by atoms with E-state index in [1.807, 2.05) is 6.07 Å². The number of carbonyl (C=O) groups is 1. The molecule has 0 spiro atoms. The molecule has 2 heterocycles. The molecule has 0 unspecified atom stereocenters. The van der Waals surface area contributed by atoms with Gasteiger partial charge < -0.3 is 10.3 Å². The number of nitrogens with one attached hydrogen (secondary N) is 2. The molecule has 2 aromatic heterocycles. The van der Waals surface area contributed by atoms with Gasteiger partial charge in [-0.15, -0.1) is 0 Å². The molecule has 6 nitrogen and oxygen atoms in total.